The van der Waals surface area contributed by atoms with E-state index in [1.807, 2.05) is 36.4 Å². The number of hydrogen-bond donors (Lipinski definition) is 0. The van der Waals surface area contributed by atoms with E-state index in [1.165, 1.54) is 11.1 Å². The molecule has 6 heteroatoms. The van der Waals surface area contributed by atoms with E-state index in [0.717, 1.165) is 39.5 Å². The molecule has 0 fully saturated rings. The van der Waals surface area contributed by atoms with Crippen molar-refractivity contribution in [1.82, 2.24) is 14.8 Å². The Hall–Kier alpha value is -3.25. The number of aryl methyl sites for hydroxylation is 1. The zero-order valence-electron chi connectivity index (χ0n) is 15.9. The Kier molecular flexibility index (Phi) is 4.69. The van der Waals surface area contributed by atoms with Crippen molar-refractivity contribution in [3.05, 3.63) is 83.9 Å². The van der Waals surface area contributed by atoms with Crippen LogP contribution in [0.25, 0.3) is 17.1 Å². The lowest BCUT2D eigenvalue weighted by atomic mass is 10.2. The Morgan fingerprint density at radius 1 is 0.897 bits per heavy atom. The molecular weight excluding hydrogens is 382 g/mol. The fourth-order valence-electron chi connectivity index (χ4n) is 3.35. The van der Waals surface area contributed by atoms with Crippen LogP contribution in [-0.2, 0) is 5.75 Å². The van der Waals surface area contributed by atoms with Crippen LogP contribution in [0.15, 0.2) is 78.0 Å². The molecule has 0 N–H and O–H groups in total. The Morgan fingerprint density at radius 3 is 2.62 bits per heavy atom. The van der Waals surface area contributed by atoms with E-state index >= 15 is 0 Å². The summed E-state index contributed by atoms with van der Waals surface area (Å²) in [6.45, 7) is 2.36. The maximum absolute atomic E-state index is 5.54. The van der Waals surface area contributed by atoms with E-state index in [0.29, 0.717) is 0 Å². The van der Waals surface area contributed by atoms with Crippen LogP contribution in [0.1, 0.15) is 11.1 Å². The summed E-state index contributed by atoms with van der Waals surface area (Å²) < 4.78 is 13.1. The predicted molar refractivity (Wildman–Crippen MR) is 114 cm³/mol. The molecule has 29 heavy (non-hydrogen) atoms. The third-order valence-electron chi connectivity index (χ3n) is 4.73. The second-order valence-electron chi connectivity index (χ2n) is 6.82. The molecule has 4 aromatic rings. The molecule has 0 atom stereocenters. The first kappa shape index (κ1) is 17.8. The highest BCUT2D eigenvalue weighted by atomic mass is 32.2. The summed E-state index contributed by atoms with van der Waals surface area (Å²) in [4.78, 5) is 0. The quantitative estimate of drug-likeness (QED) is 0.427. The van der Waals surface area contributed by atoms with Gasteiger partial charge in [-0.25, -0.2) is 0 Å². The molecule has 0 spiro atoms. The lowest BCUT2D eigenvalue weighted by Gasteiger charge is -2.11. The van der Waals surface area contributed by atoms with Gasteiger partial charge in [-0.2, -0.15) is 0 Å². The van der Waals surface area contributed by atoms with E-state index < -0.39 is 0 Å². The SMILES string of the molecule is Cc1cccc(CSc2nnc(-c3ccc4c(c3)OCO4)n2-c2ccccc2)c1. The summed E-state index contributed by atoms with van der Waals surface area (Å²) in [5.41, 5.74) is 4.49. The van der Waals surface area contributed by atoms with Crippen LogP contribution in [0.4, 0.5) is 0 Å². The molecule has 2 heterocycles. The van der Waals surface area contributed by atoms with Gasteiger partial charge in [0.2, 0.25) is 6.79 Å². The molecule has 0 saturated heterocycles. The number of hydrogen-bond acceptors (Lipinski definition) is 5. The number of fused-ring (bicyclic) bond motifs is 1. The number of thioether (sulfide) groups is 1. The third kappa shape index (κ3) is 3.59. The van der Waals surface area contributed by atoms with Gasteiger partial charge in [0.1, 0.15) is 0 Å². The minimum atomic E-state index is 0.252. The van der Waals surface area contributed by atoms with E-state index in [4.69, 9.17) is 9.47 Å². The highest BCUT2D eigenvalue weighted by Crippen LogP contribution is 2.37. The van der Waals surface area contributed by atoms with Gasteiger partial charge in [-0.3, -0.25) is 4.57 Å². The number of rotatable bonds is 5. The van der Waals surface area contributed by atoms with Gasteiger partial charge in [0.05, 0.1) is 0 Å². The lowest BCUT2D eigenvalue weighted by molar-refractivity contribution is 0.174. The van der Waals surface area contributed by atoms with Gasteiger partial charge in [0.15, 0.2) is 22.5 Å². The molecule has 5 nitrogen and oxygen atoms in total. The van der Waals surface area contributed by atoms with Gasteiger partial charge in [-0.15, -0.1) is 10.2 Å². The average molecular weight is 401 g/mol. The molecule has 0 saturated carbocycles. The molecule has 0 amide bonds. The van der Waals surface area contributed by atoms with Crippen LogP contribution in [-0.4, -0.2) is 21.6 Å². The van der Waals surface area contributed by atoms with Crippen LogP contribution < -0.4 is 9.47 Å². The van der Waals surface area contributed by atoms with Crippen molar-refractivity contribution in [2.75, 3.05) is 6.79 Å². The van der Waals surface area contributed by atoms with Crippen molar-refractivity contribution in [2.45, 2.75) is 17.8 Å². The number of benzene rings is 3. The van der Waals surface area contributed by atoms with E-state index in [-0.39, 0.29) is 6.79 Å². The fourth-order valence-corrected chi connectivity index (χ4v) is 4.24. The number of para-hydroxylation sites is 1. The van der Waals surface area contributed by atoms with Gasteiger partial charge in [0.25, 0.3) is 0 Å². The average Bonchev–Trinajstić information content (AvgIpc) is 3.39. The lowest BCUT2D eigenvalue weighted by Crippen LogP contribution is -1.99. The zero-order chi connectivity index (χ0) is 19.6. The summed E-state index contributed by atoms with van der Waals surface area (Å²) in [6, 6.07) is 24.6. The monoisotopic (exact) mass is 401 g/mol. The van der Waals surface area contributed by atoms with E-state index in [9.17, 15) is 0 Å². The Bertz CT molecular complexity index is 1160. The first-order valence-corrected chi connectivity index (χ1v) is 10.4. The molecule has 1 aliphatic heterocycles. The number of nitrogens with zero attached hydrogens (tertiary/aromatic N) is 3. The first-order valence-electron chi connectivity index (χ1n) is 9.37. The topological polar surface area (TPSA) is 49.2 Å². The molecule has 0 bridgehead atoms. The van der Waals surface area contributed by atoms with Crippen LogP contribution >= 0.6 is 11.8 Å². The van der Waals surface area contributed by atoms with Crippen LogP contribution in [0, 0.1) is 6.92 Å². The maximum Gasteiger partial charge on any atom is 0.231 e. The van der Waals surface area contributed by atoms with Gasteiger partial charge < -0.3 is 9.47 Å². The van der Waals surface area contributed by atoms with Crippen molar-refractivity contribution in [3.63, 3.8) is 0 Å². The molecule has 144 valence electrons. The normalized spacial score (nSPS) is 12.3. The number of ether oxygens (including phenoxy) is 2. The van der Waals surface area contributed by atoms with Gasteiger partial charge in [-0.05, 0) is 42.8 Å². The molecule has 3 aromatic carbocycles. The fraction of sp³-hybridized carbons (Fsp3) is 0.130. The van der Waals surface area contributed by atoms with Crippen LogP contribution in [0.3, 0.4) is 0 Å². The van der Waals surface area contributed by atoms with Gasteiger partial charge >= 0.3 is 0 Å². The van der Waals surface area contributed by atoms with Crippen molar-refractivity contribution in [1.29, 1.82) is 0 Å². The molecular formula is C23H19N3O2S. The largest absolute Gasteiger partial charge is 0.454 e. The molecule has 0 aliphatic carbocycles. The van der Waals surface area contributed by atoms with Gasteiger partial charge in [-0.1, -0.05) is 59.8 Å². The predicted octanol–water partition coefficient (Wildman–Crippen LogP) is 5.26. The third-order valence-corrected chi connectivity index (χ3v) is 5.73. The summed E-state index contributed by atoms with van der Waals surface area (Å²) in [7, 11) is 0. The van der Waals surface area contributed by atoms with Crippen molar-refractivity contribution < 1.29 is 9.47 Å². The first-order chi connectivity index (χ1) is 14.3. The highest BCUT2D eigenvalue weighted by molar-refractivity contribution is 7.98. The Balaban J connectivity index is 1.54. The van der Waals surface area contributed by atoms with Crippen molar-refractivity contribution in [3.8, 4) is 28.6 Å². The summed E-state index contributed by atoms with van der Waals surface area (Å²) in [5, 5.41) is 9.87. The standard InChI is InChI=1S/C23H19N3O2S/c1-16-6-5-7-17(12-16)14-29-23-25-24-22(26(23)19-8-3-2-4-9-19)18-10-11-20-21(13-18)28-15-27-20/h2-13H,14-15H2,1H3. The smallest absolute Gasteiger partial charge is 0.231 e. The van der Waals surface area contributed by atoms with Crippen LogP contribution in [0.5, 0.6) is 11.5 Å². The molecule has 0 unspecified atom stereocenters. The minimum Gasteiger partial charge on any atom is -0.454 e. The van der Waals surface area contributed by atoms with Crippen molar-refractivity contribution >= 4 is 11.8 Å². The molecule has 1 aliphatic rings. The van der Waals surface area contributed by atoms with E-state index in [1.54, 1.807) is 11.8 Å². The number of aromatic nitrogens is 3. The van der Waals surface area contributed by atoms with Gasteiger partial charge in [0, 0.05) is 17.0 Å². The summed E-state index contributed by atoms with van der Waals surface area (Å²) >= 11 is 1.68. The Labute approximate surface area is 173 Å². The summed E-state index contributed by atoms with van der Waals surface area (Å²) in [6.07, 6.45) is 0. The second-order valence-corrected chi connectivity index (χ2v) is 7.77. The van der Waals surface area contributed by atoms with E-state index in [2.05, 4.69) is 58.1 Å². The maximum atomic E-state index is 5.54. The molecule has 0 radical (unpaired) electrons. The highest BCUT2D eigenvalue weighted by Gasteiger charge is 2.20. The second kappa shape index (κ2) is 7.64. The summed E-state index contributed by atoms with van der Waals surface area (Å²) in [5.74, 6) is 3.10. The van der Waals surface area contributed by atoms with Crippen molar-refractivity contribution in [2.24, 2.45) is 0 Å². The molecule has 5 rings (SSSR count). The zero-order valence-corrected chi connectivity index (χ0v) is 16.7. The Morgan fingerprint density at radius 2 is 1.76 bits per heavy atom. The van der Waals surface area contributed by atoms with Crippen LogP contribution in [0.2, 0.25) is 0 Å². The molecule has 1 aromatic heterocycles. The minimum absolute atomic E-state index is 0.252.